The summed E-state index contributed by atoms with van der Waals surface area (Å²) >= 11 is 6.11. The number of carbonyl (C=O) groups excluding carboxylic acids is 1. The number of methoxy groups -OCH3 is 1. The maximum atomic E-state index is 12.8. The summed E-state index contributed by atoms with van der Waals surface area (Å²) in [5, 5.41) is -0.605. The number of nitrogens with zero attached hydrogens (tertiary/aromatic N) is 1. The maximum Gasteiger partial charge on any atom is 0.245 e. The Bertz CT molecular complexity index is 685. The van der Waals surface area contributed by atoms with Crippen LogP contribution in [0.4, 0.5) is 5.69 Å². The van der Waals surface area contributed by atoms with Gasteiger partial charge in [0.25, 0.3) is 0 Å². The summed E-state index contributed by atoms with van der Waals surface area (Å²) in [6.07, 6.45) is 0. The molecule has 122 valence electrons. The number of halogens is 1. The van der Waals surface area contributed by atoms with Crippen molar-refractivity contribution in [2.24, 2.45) is 0 Å². The minimum Gasteiger partial charge on any atom is -0.496 e. The molecular weight excluding hydrogens is 310 g/mol. The molecule has 0 aliphatic rings. The Morgan fingerprint density at radius 1 is 1.09 bits per heavy atom. The number of rotatable bonds is 5. The van der Waals surface area contributed by atoms with Crippen molar-refractivity contribution >= 4 is 23.2 Å². The Kier molecular flexibility index (Phi) is 5.67. The summed E-state index contributed by atoms with van der Waals surface area (Å²) in [6.45, 7) is 5.68. The monoisotopic (exact) mass is 331 g/mol. The molecule has 2 rings (SSSR count). The lowest BCUT2D eigenvalue weighted by Gasteiger charge is -2.32. The van der Waals surface area contributed by atoms with E-state index in [-0.39, 0.29) is 11.9 Å². The van der Waals surface area contributed by atoms with Crippen LogP contribution >= 0.6 is 11.6 Å². The highest BCUT2D eigenvalue weighted by Crippen LogP contribution is 2.34. The van der Waals surface area contributed by atoms with Gasteiger partial charge in [0.15, 0.2) is 0 Å². The van der Waals surface area contributed by atoms with Crippen molar-refractivity contribution < 1.29 is 9.53 Å². The van der Waals surface area contributed by atoms with E-state index in [0.29, 0.717) is 0 Å². The van der Waals surface area contributed by atoms with Crippen molar-refractivity contribution in [1.82, 2.24) is 0 Å². The molecule has 2 unspecified atom stereocenters. The Balaban J connectivity index is 2.54. The quantitative estimate of drug-likeness (QED) is 0.741. The summed E-state index contributed by atoms with van der Waals surface area (Å²) in [4.78, 5) is 14.5. The largest absolute Gasteiger partial charge is 0.496 e. The van der Waals surface area contributed by atoms with E-state index in [1.165, 1.54) is 0 Å². The van der Waals surface area contributed by atoms with E-state index in [2.05, 4.69) is 0 Å². The standard InChI is InChI=1S/C19H22ClNO2/c1-13-9-5-7-11-17(13)21(19(22)14(2)20)15(3)16-10-6-8-12-18(16)23-4/h5-12,14-15H,1-4H3. The molecule has 0 aromatic heterocycles. The van der Waals surface area contributed by atoms with Crippen molar-refractivity contribution in [3.05, 3.63) is 59.7 Å². The summed E-state index contributed by atoms with van der Waals surface area (Å²) in [5.74, 6) is 0.632. The number of amides is 1. The van der Waals surface area contributed by atoms with Gasteiger partial charge in [-0.2, -0.15) is 0 Å². The fourth-order valence-electron chi connectivity index (χ4n) is 2.69. The van der Waals surface area contributed by atoms with Gasteiger partial charge < -0.3 is 9.64 Å². The molecule has 23 heavy (non-hydrogen) atoms. The lowest BCUT2D eigenvalue weighted by molar-refractivity contribution is -0.118. The van der Waals surface area contributed by atoms with Crippen LogP contribution in [-0.4, -0.2) is 18.4 Å². The topological polar surface area (TPSA) is 29.5 Å². The third kappa shape index (κ3) is 3.67. The van der Waals surface area contributed by atoms with Gasteiger partial charge in [0, 0.05) is 11.3 Å². The molecule has 0 aliphatic heterocycles. The third-order valence-electron chi connectivity index (χ3n) is 3.93. The molecule has 1 amide bonds. The number of ether oxygens (including phenoxy) is 1. The van der Waals surface area contributed by atoms with Gasteiger partial charge in [-0.15, -0.1) is 11.6 Å². The third-order valence-corrected chi connectivity index (χ3v) is 4.12. The number of hydrogen-bond donors (Lipinski definition) is 0. The van der Waals surface area contributed by atoms with E-state index >= 15 is 0 Å². The van der Waals surface area contributed by atoms with Crippen LogP contribution in [0, 0.1) is 6.92 Å². The average Bonchev–Trinajstić information content (AvgIpc) is 2.56. The van der Waals surface area contributed by atoms with Gasteiger partial charge in [-0.05, 0) is 38.5 Å². The maximum absolute atomic E-state index is 12.8. The zero-order valence-corrected chi connectivity index (χ0v) is 14.7. The molecule has 0 saturated carbocycles. The summed E-state index contributed by atoms with van der Waals surface area (Å²) in [5.41, 5.74) is 2.84. The minimum absolute atomic E-state index is 0.126. The fourth-order valence-corrected chi connectivity index (χ4v) is 2.80. The first-order valence-corrected chi connectivity index (χ1v) is 8.06. The van der Waals surface area contributed by atoms with Gasteiger partial charge in [0.2, 0.25) is 5.91 Å². The lowest BCUT2D eigenvalue weighted by atomic mass is 10.0. The normalized spacial score (nSPS) is 13.3. The predicted octanol–water partition coefficient (Wildman–Crippen LogP) is 4.73. The van der Waals surface area contributed by atoms with Crippen molar-refractivity contribution in [3.63, 3.8) is 0 Å². The summed E-state index contributed by atoms with van der Waals surface area (Å²) < 4.78 is 5.45. The number of benzene rings is 2. The van der Waals surface area contributed by atoms with E-state index in [0.717, 1.165) is 22.6 Å². The Labute approximate surface area is 142 Å². The zero-order valence-electron chi connectivity index (χ0n) is 13.9. The number of carbonyl (C=O) groups is 1. The van der Waals surface area contributed by atoms with Gasteiger partial charge in [-0.25, -0.2) is 0 Å². The molecule has 0 radical (unpaired) electrons. The first-order valence-electron chi connectivity index (χ1n) is 7.63. The minimum atomic E-state index is -0.605. The van der Waals surface area contributed by atoms with E-state index in [1.54, 1.807) is 18.9 Å². The van der Waals surface area contributed by atoms with Crippen LogP contribution in [0.3, 0.4) is 0 Å². The van der Waals surface area contributed by atoms with Crippen LogP contribution in [-0.2, 0) is 4.79 Å². The predicted molar refractivity (Wildman–Crippen MR) is 95.4 cm³/mol. The van der Waals surface area contributed by atoms with Crippen molar-refractivity contribution in [2.45, 2.75) is 32.2 Å². The van der Waals surface area contributed by atoms with Crippen LogP contribution in [0.2, 0.25) is 0 Å². The molecule has 0 N–H and O–H groups in total. The molecule has 0 bridgehead atoms. The number of para-hydroxylation sites is 2. The molecular formula is C19H22ClNO2. The second-order valence-corrected chi connectivity index (χ2v) is 6.18. The molecule has 0 aliphatic carbocycles. The SMILES string of the molecule is COc1ccccc1C(C)N(C(=O)C(C)Cl)c1ccccc1C. The van der Waals surface area contributed by atoms with Gasteiger partial charge in [-0.1, -0.05) is 36.4 Å². The Morgan fingerprint density at radius 2 is 1.70 bits per heavy atom. The van der Waals surface area contributed by atoms with Gasteiger partial charge >= 0.3 is 0 Å². The van der Waals surface area contributed by atoms with E-state index in [4.69, 9.17) is 16.3 Å². The highest BCUT2D eigenvalue weighted by atomic mass is 35.5. The van der Waals surface area contributed by atoms with E-state index < -0.39 is 5.38 Å². The number of aryl methyl sites for hydroxylation is 1. The molecule has 2 aromatic rings. The van der Waals surface area contributed by atoms with Gasteiger partial charge in [0.05, 0.1) is 13.2 Å². The molecule has 0 fully saturated rings. The van der Waals surface area contributed by atoms with Crippen LogP contribution in [0.15, 0.2) is 48.5 Å². The second kappa shape index (κ2) is 7.51. The van der Waals surface area contributed by atoms with Crippen LogP contribution < -0.4 is 9.64 Å². The van der Waals surface area contributed by atoms with Gasteiger partial charge in [0.1, 0.15) is 11.1 Å². The van der Waals surface area contributed by atoms with E-state index in [9.17, 15) is 4.79 Å². The second-order valence-electron chi connectivity index (χ2n) is 5.53. The molecule has 0 saturated heterocycles. The zero-order chi connectivity index (χ0) is 17.0. The Morgan fingerprint density at radius 3 is 2.30 bits per heavy atom. The highest BCUT2D eigenvalue weighted by molar-refractivity contribution is 6.32. The molecule has 3 nitrogen and oxygen atoms in total. The molecule has 0 heterocycles. The van der Waals surface area contributed by atoms with Crippen LogP contribution in [0.1, 0.15) is 31.0 Å². The average molecular weight is 332 g/mol. The summed E-state index contributed by atoms with van der Waals surface area (Å²) in [7, 11) is 1.63. The number of hydrogen-bond acceptors (Lipinski definition) is 2. The fraction of sp³-hybridized carbons (Fsp3) is 0.316. The first-order chi connectivity index (χ1) is 11.0. The van der Waals surface area contributed by atoms with Crippen molar-refractivity contribution in [1.29, 1.82) is 0 Å². The summed E-state index contributed by atoms with van der Waals surface area (Å²) in [6, 6.07) is 15.4. The first kappa shape index (κ1) is 17.4. The van der Waals surface area contributed by atoms with Crippen LogP contribution in [0.5, 0.6) is 5.75 Å². The lowest BCUT2D eigenvalue weighted by Crippen LogP contribution is -2.38. The van der Waals surface area contributed by atoms with Crippen LogP contribution in [0.25, 0.3) is 0 Å². The van der Waals surface area contributed by atoms with Gasteiger partial charge in [-0.3, -0.25) is 4.79 Å². The molecule has 0 spiro atoms. The Hall–Kier alpha value is -2.00. The molecule has 2 aromatic carbocycles. The van der Waals surface area contributed by atoms with E-state index in [1.807, 2.05) is 62.4 Å². The highest BCUT2D eigenvalue weighted by Gasteiger charge is 2.28. The smallest absolute Gasteiger partial charge is 0.245 e. The molecule has 4 heteroatoms. The number of anilines is 1. The molecule has 2 atom stereocenters. The van der Waals surface area contributed by atoms with Crippen molar-refractivity contribution in [2.75, 3.05) is 12.0 Å². The van der Waals surface area contributed by atoms with Crippen molar-refractivity contribution in [3.8, 4) is 5.75 Å². The number of alkyl halides is 1.